The fraction of sp³-hybridized carbons (Fsp3) is 0.353. The first-order valence-electron chi connectivity index (χ1n) is 7.72. The zero-order chi connectivity index (χ0) is 18.1. The fourth-order valence-corrected chi connectivity index (χ4v) is 3.16. The number of hydrogen-bond acceptors (Lipinski definition) is 5. The Morgan fingerprint density at radius 1 is 1.24 bits per heavy atom. The minimum Gasteiger partial charge on any atom is -0.469 e. The van der Waals surface area contributed by atoms with Crippen molar-refractivity contribution in [2.24, 2.45) is 13.0 Å². The van der Waals surface area contributed by atoms with Crippen LogP contribution in [0.15, 0.2) is 35.1 Å². The fourth-order valence-electron chi connectivity index (χ4n) is 3.16. The Morgan fingerprint density at radius 3 is 2.64 bits per heavy atom. The number of halogens is 2. The Morgan fingerprint density at radius 2 is 2.00 bits per heavy atom. The number of rotatable bonds is 3. The lowest BCUT2D eigenvalue weighted by Gasteiger charge is -2.18. The molecule has 0 aliphatic carbocycles. The van der Waals surface area contributed by atoms with E-state index in [9.17, 15) is 18.4 Å². The summed E-state index contributed by atoms with van der Waals surface area (Å²) in [5, 5.41) is 4.16. The molecule has 1 unspecified atom stereocenters. The van der Waals surface area contributed by atoms with Gasteiger partial charge in [-0.05, 0) is 17.7 Å². The minimum atomic E-state index is -0.700. The number of aryl methyl sites for hydroxylation is 1. The van der Waals surface area contributed by atoms with Gasteiger partial charge < -0.3 is 9.64 Å². The molecule has 8 heteroatoms. The molecule has 2 atom stereocenters. The Bertz CT molecular complexity index is 868. The topological polar surface area (TPSA) is 64.4 Å². The van der Waals surface area contributed by atoms with E-state index in [2.05, 4.69) is 5.10 Å². The molecule has 1 aliphatic rings. The molecule has 0 N–H and O–H groups in total. The molecule has 0 saturated carbocycles. The molecule has 1 fully saturated rings. The highest BCUT2D eigenvalue weighted by Crippen LogP contribution is 2.36. The SMILES string of the molecule is COC(=O)C1CN(c2ccc(=O)n(C)n2)C[C@H]1c1ccc(F)cc1F. The van der Waals surface area contributed by atoms with E-state index in [1.54, 1.807) is 11.0 Å². The van der Waals surface area contributed by atoms with E-state index in [4.69, 9.17) is 4.74 Å². The number of hydrogen-bond donors (Lipinski definition) is 0. The summed E-state index contributed by atoms with van der Waals surface area (Å²) in [7, 11) is 2.80. The monoisotopic (exact) mass is 349 g/mol. The first-order valence-corrected chi connectivity index (χ1v) is 7.72. The lowest BCUT2D eigenvalue weighted by atomic mass is 9.88. The lowest BCUT2D eigenvalue weighted by molar-refractivity contribution is -0.145. The minimum absolute atomic E-state index is 0.254. The Labute approximate surface area is 142 Å². The van der Waals surface area contributed by atoms with Crippen molar-refractivity contribution in [3.8, 4) is 0 Å². The molecule has 0 bridgehead atoms. The normalized spacial score (nSPS) is 19.9. The van der Waals surface area contributed by atoms with Crippen molar-refractivity contribution in [1.82, 2.24) is 9.78 Å². The van der Waals surface area contributed by atoms with Gasteiger partial charge in [0.1, 0.15) is 17.5 Å². The molecular formula is C17H17F2N3O3. The molecule has 1 aliphatic heterocycles. The average Bonchev–Trinajstić information content (AvgIpc) is 3.01. The zero-order valence-electron chi connectivity index (χ0n) is 13.8. The van der Waals surface area contributed by atoms with Gasteiger partial charge in [0.2, 0.25) is 0 Å². The Balaban J connectivity index is 1.97. The van der Waals surface area contributed by atoms with Crippen molar-refractivity contribution in [3.05, 3.63) is 57.9 Å². The molecule has 0 spiro atoms. The number of nitrogens with zero attached hydrogens (tertiary/aromatic N) is 3. The summed E-state index contributed by atoms with van der Waals surface area (Å²) in [6, 6.07) is 6.25. The Hall–Kier alpha value is -2.77. The third kappa shape index (κ3) is 3.24. The van der Waals surface area contributed by atoms with Gasteiger partial charge in [0.25, 0.3) is 5.56 Å². The van der Waals surface area contributed by atoms with E-state index in [1.807, 2.05) is 0 Å². The van der Waals surface area contributed by atoms with Gasteiger partial charge in [-0.1, -0.05) is 6.07 Å². The molecular weight excluding hydrogens is 332 g/mol. The van der Waals surface area contributed by atoms with Gasteiger partial charge >= 0.3 is 5.97 Å². The number of benzene rings is 1. The predicted octanol–water partition coefficient (Wildman–Crippen LogP) is 1.45. The van der Waals surface area contributed by atoms with Crippen LogP contribution in [-0.4, -0.2) is 35.9 Å². The van der Waals surface area contributed by atoms with Crippen molar-refractivity contribution in [2.75, 3.05) is 25.1 Å². The standard InChI is InChI=1S/C17H17F2N3O3/c1-21-16(23)6-5-15(20-21)22-8-12(13(9-22)17(24)25-2)11-4-3-10(18)7-14(11)19/h3-7,12-13H,8-9H2,1-2H3/t12-,13?/m0/s1. The van der Waals surface area contributed by atoms with Crippen molar-refractivity contribution >= 4 is 11.8 Å². The van der Waals surface area contributed by atoms with Crippen molar-refractivity contribution in [3.63, 3.8) is 0 Å². The maximum Gasteiger partial charge on any atom is 0.311 e. The lowest BCUT2D eigenvalue weighted by Crippen LogP contribution is -2.27. The second-order valence-corrected chi connectivity index (χ2v) is 5.96. The zero-order valence-corrected chi connectivity index (χ0v) is 13.8. The van der Waals surface area contributed by atoms with Crippen LogP contribution in [0.1, 0.15) is 11.5 Å². The summed E-state index contributed by atoms with van der Waals surface area (Å²) in [5.41, 5.74) is -0.00212. The maximum absolute atomic E-state index is 14.2. The van der Waals surface area contributed by atoms with E-state index in [1.165, 1.54) is 37.0 Å². The van der Waals surface area contributed by atoms with Crippen LogP contribution in [0.5, 0.6) is 0 Å². The van der Waals surface area contributed by atoms with Gasteiger partial charge in [-0.3, -0.25) is 9.59 Å². The summed E-state index contributed by atoms with van der Waals surface area (Å²) in [4.78, 5) is 25.4. The average molecular weight is 349 g/mol. The van der Waals surface area contributed by atoms with E-state index in [0.29, 0.717) is 12.4 Å². The van der Waals surface area contributed by atoms with Crippen LogP contribution in [0.3, 0.4) is 0 Å². The highest BCUT2D eigenvalue weighted by molar-refractivity contribution is 5.75. The predicted molar refractivity (Wildman–Crippen MR) is 86.3 cm³/mol. The largest absolute Gasteiger partial charge is 0.469 e. The van der Waals surface area contributed by atoms with E-state index in [0.717, 1.165) is 6.07 Å². The quantitative estimate of drug-likeness (QED) is 0.785. The summed E-state index contributed by atoms with van der Waals surface area (Å²) >= 11 is 0. The third-order valence-corrected chi connectivity index (χ3v) is 4.46. The molecule has 3 rings (SSSR count). The van der Waals surface area contributed by atoms with Crippen LogP contribution < -0.4 is 10.5 Å². The first-order chi connectivity index (χ1) is 11.9. The van der Waals surface area contributed by atoms with Crippen LogP contribution >= 0.6 is 0 Å². The molecule has 25 heavy (non-hydrogen) atoms. The second-order valence-electron chi connectivity index (χ2n) is 5.96. The number of esters is 1. The summed E-state index contributed by atoms with van der Waals surface area (Å²) in [5.74, 6) is -2.47. The van der Waals surface area contributed by atoms with Gasteiger partial charge in [-0.15, -0.1) is 0 Å². The number of carbonyl (C=O) groups excluding carboxylic acids is 1. The van der Waals surface area contributed by atoms with Crippen LogP contribution in [0.2, 0.25) is 0 Å². The highest BCUT2D eigenvalue weighted by Gasteiger charge is 2.41. The molecule has 6 nitrogen and oxygen atoms in total. The number of methoxy groups -OCH3 is 1. The van der Waals surface area contributed by atoms with Gasteiger partial charge in [0.05, 0.1) is 13.0 Å². The molecule has 0 amide bonds. The van der Waals surface area contributed by atoms with Crippen LogP contribution in [0, 0.1) is 17.6 Å². The van der Waals surface area contributed by atoms with E-state index in [-0.39, 0.29) is 17.7 Å². The van der Waals surface area contributed by atoms with Crippen molar-refractivity contribution in [1.29, 1.82) is 0 Å². The number of aromatic nitrogens is 2. The third-order valence-electron chi connectivity index (χ3n) is 4.46. The first kappa shape index (κ1) is 17.1. The molecule has 1 saturated heterocycles. The molecule has 2 heterocycles. The van der Waals surface area contributed by atoms with Crippen molar-refractivity contribution < 1.29 is 18.3 Å². The molecule has 0 radical (unpaired) electrons. The summed E-state index contributed by atoms with van der Waals surface area (Å²) < 4.78 is 33.4. The number of carbonyl (C=O) groups is 1. The molecule has 1 aromatic carbocycles. The van der Waals surface area contributed by atoms with Gasteiger partial charge in [0, 0.05) is 38.2 Å². The van der Waals surface area contributed by atoms with Crippen molar-refractivity contribution in [2.45, 2.75) is 5.92 Å². The van der Waals surface area contributed by atoms with Crippen LogP contribution in [0.4, 0.5) is 14.6 Å². The summed E-state index contributed by atoms with van der Waals surface area (Å²) in [6.07, 6.45) is 0. The summed E-state index contributed by atoms with van der Waals surface area (Å²) in [6.45, 7) is 0.562. The van der Waals surface area contributed by atoms with Gasteiger partial charge in [-0.2, -0.15) is 5.10 Å². The number of anilines is 1. The smallest absolute Gasteiger partial charge is 0.311 e. The second kappa shape index (κ2) is 6.62. The van der Waals surface area contributed by atoms with Crippen LogP contribution in [0.25, 0.3) is 0 Å². The molecule has 1 aromatic heterocycles. The van der Waals surface area contributed by atoms with Crippen LogP contribution in [-0.2, 0) is 16.6 Å². The molecule has 132 valence electrons. The van der Waals surface area contributed by atoms with E-state index >= 15 is 0 Å². The maximum atomic E-state index is 14.2. The van der Waals surface area contributed by atoms with Gasteiger partial charge in [-0.25, -0.2) is 13.5 Å². The molecule has 2 aromatic rings. The van der Waals surface area contributed by atoms with Gasteiger partial charge in [0.15, 0.2) is 0 Å². The Kier molecular flexibility index (Phi) is 4.52. The highest BCUT2D eigenvalue weighted by atomic mass is 19.1. The van der Waals surface area contributed by atoms with E-state index < -0.39 is 29.4 Å². The number of ether oxygens (including phenoxy) is 1.